The van der Waals surface area contributed by atoms with E-state index >= 15 is 0 Å². The monoisotopic (exact) mass is 327 g/mol. The Kier molecular flexibility index (Phi) is 7.08. The number of unbranched alkanes of at least 4 members (excludes halogenated alkanes) is 2. The third-order valence-corrected chi connectivity index (χ3v) is 3.73. The summed E-state index contributed by atoms with van der Waals surface area (Å²) in [7, 11) is 1.66. The first kappa shape index (κ1) is 17.8. The number of para-hydroxylation sites is 1. The van der Waals surface area contributed by atoms with Crippen molar-refractivity contribution in [1.82, 2.24) is 10.3 Å². The van der Waals surface area contributed by atoms with Crippen LogP contribution in [0.3, 0.4) is 0 Å². The standard InChI is InChI=1S/C19H25N3O2/c1-3-4-7-11-21-19(23)17-13-16(10-12-20-17)22-14-15-8-5-6-9-18(15)24-2/h5-6,8-10,12-13H,3-4,7,11,14H2,1-2H3,(H,20,22)(H,21,23). The summed E-state index contributed by atoms with van der Waals surface area (Å²) in [6.07, 6.45) is 4.89. The van der Waals surface area contributed by atoms with E-state index in [1.807, 2.05) is 30.3 Å². The second-order valence-corrected chi connectivity index (χ2v) is 5.56. The van der Waals surface area contributed by atoms with Crippen molar-refractivity contribution in [3.05, 3.63) is 53.9 Å². The highest BCUT2D eigenvalue weighted by atomic mass is 16.5. The first-order chi connectivity index (χ1) is 11.7. The van der Waals surface area contributed by atoms with Crippen molar-refractivity contribution in [2.24, 2.45) is 0 Å². The van der Waals surface area contributed by atoms with E-state index in [1.54, 1.807) is 19.4 Å². The van der Waals surface area contributed by atoms with Crippen LogP contribution < -0.4 is 15.4 Å². The van der Waals surface area contributed by atoms with Crippen LogP contribution in [0.4, 0.5) is 5.69 Å². The lowest BCUT2D eigenvalue weighted by molar-refractivity contribution is 0.0948. The number of carbonyl (C=O) groups excluding carboxylic acids is 1. The van der Waals surface area contributed by atoms with Crippen molar-refractivity contribution in [2.45, 2.75) is 32.7 Å². The van der Waals surface area contributed by atoms with Crippen LogP contribution in [0.15, 0.2) is 42.6 Å². The fourth-order valence-corrected chi connectivity index (χ4v) is 2.38. The number of pyridine rings is 1. The van der Waals surface area contributed by atoms with Crippen LogP contribution in [0.2, 0.25) is 0 Å². The van der Waals surface area contributed by atoms with E-state index in [0.29, 0.717) is 18.8 Å². The number of amides is 1. The summed E-state index contributed by atoms with van der Waals surface area (Å²) < 4.78 is 5.34. The lowest BCUT2D eigenvalue weighted by Crippen LogP contribution is -2.25. The molecule has 0 spiro atoms. The molecular formula is C19H25N3O2. The lowest BCUT2D eigenvalue weighted by Gasteiger charge is -2.11. The van der Waals surface area contributed by atoms with Gasteiger partial charge in [-0.1, -0.05) is 38.0 Å². The van der Waals surface area contributed by atoms with Gasteiger partial charge in [0.2, 0.25) is 0 Å². The summed E-state index contributed by atoms with van der Waals surface area (Å²) in [5.74, 6) is 0.708. The molecule has 1 aromatic heterocycles. The highest BCUT2D eigenvalue weighted by molar-refractivity contribution is 5.93. The fraction of sp³-hybridized carbons (Fsp3) is 0.368. The van der Waals surface area contributed by atoms with Gasteiger partial charge < -0.3 is 15.4 Å². The minimum Gasteiger partial charge on any atom is -0.496 e. The highest BCUT2D eigenvalue weighted by Crippen LogP contribution is 2.19. The van der Waals surface area contributed by atoms with E-state index in [2.05, 4.69) is 22.5 Å². The van der Waals surface area contributed by atoms with E-state index in [4.69, 9.17) is 4.74 Å². The summed E-state index contributed by atoms with van der Waals surface area (Å²) in [4.78, 5) is 16.3. The van der Waals surface area contributed by atoms with Gasteiger partial charge in [0, 0.05) is 30.5 Å². The molecule has 128 valence electrons. The van der Waals surface area contributed by atoms with Gasteiger partial charge in [-0.15, -0.1) is 0 Å². The van der Waals surface area contributed by atoms with Crippen LogP contribution in [0.1, 0.15) is 42.2 Å². The van der Waals surface area contributed by atoms with Crippen LogP contribution in [-0.2, 0) is 6.54 Å². The topological polar surface area (TPSA) is 63.2 Å². The Hall–Kier alpha value is -2.56. The molecule has 1 amide bonds. The molecule has 0 saturated carbocycles. The van der Waals surface area contributed by atoms with Gasteiger partial charge in [0.05, 0.1) is 7.11 Å². The Morgan fingerprint density at radius 2 is 2.04 bits per heavy atom. The number of hydrogen-bond acceptors (Lipinski definition) is 4. The number of hydrogen-bond donors (Lipinski definition) is 2. The third kappa shape index (κ3) is 5.26. The molecule has 0 aliphatic rings. The number of methoxy groups -OCH3 is 1. The minimum absolute atomic E-state index is 0.132. The molecule has 2 N–H and O–H groups in total. The molecule has 0 atom stereocenters. The minimum atomic E-state index is -0.132. The van der Waals surface area contributed by atoms with Crippen LogP contribution in [-0.4, -0.2) is 24.5 Å². The number of nitrogens with one attached hydrogen (secondary N) is 2. The van der Waals surface area contributed by atoms with E-state index in [9.17, 15) is 4.79 Å². The molecule has 0 aliphatic heterocycles. The summed E-state index contributed by atoms with van der Waals surface area (Å²) in [6, 6.07) is 11.5. The molecule has 0 radical (unpaired) electrons. The molecule has 0 fully saturated rings. The molecule has 2 rings (SSSR count). The largest absolute Gasteiger partial charge is 0.496 e. The van der Waals surface area contributed by atoms with Crippen molar-refractivity contribution in [2.75, 3.05) is 19.0 Å². The van der Waals surface area contributed by atoms with Gasteiger partial charge in [-0.2, -0.15) is 0 Å². The number of ether oxygens (including phenoxy) is 1. The number of aromatic nitrogens is 1. The molecule has 5 heteroatoms. The molecule has 0 bridgehead atoms. The van der Waals surface area contributed by atoms with Crippen molar-refractivity contribution >= 4 is 11.6 Å². The zero-order valence-corrected chi connectivity index (χ0v) is 14.3. The predicted octanol–water partition coefficient (Wildman–Crippen LogP) is 3.62. The molecule has 0 saturated heterocycles. The van der Waals surface area contributed by atoms with E-state index in [-0.39, 0.29) is 5.91 Å². The van der Waals surface area contributed by atoms with E-state index < -0.39 is 0 Å². The lowest BCUT2D eigenvalue weighted by atomic mass is 10.2. The highest BCUT2D eigenvalue weighted by Gasteiger charge is 2.08. The quantitative estimate of drug-likeness (QED) is 0.691. The van der Waals surface area contributed by atoms with Crippen LogP contribution in [0.5, 0.6) is 5.75 Å². The second kappa shape index (κ2) is 9.55. The van der Waals surface area contributed by atoms with Crippen LogP contribution in [0.25, 0.3) is 0 Å². The van der Waals surface area contributed by atoms with Gasteiger partial charge in [-0.05, 0) is 24.6 Å². The summed E-state index contributed by atoms with van der Waals surface area (Å²) in [5, 5.41) is 6.21. The average Bonchev–Trinajstić information content (AvgIpc) is 2.64. The molecule has 5 nitrogen and oxygen atoms in total. The number of benzene rings is 1. The SMILES string of the molecule is CCCCCNC(=O)c1cc(NCc2ccccc2OC)ccn1. The van der Waals surface area contributed by atoms with Gasteiger partial charge in [-0.3, -0.25) is 9.78 Å². The summed E-state index contributed by atoms with van der Waals surface area (Å²) in [6.45, 7) is 3.44. The molecule has 0 aliphatic carbocycles. The Labute approximate surface area is 143 Å². The van der Waals surface area contributed by atoms with Crippen LogP contribution in [0, 0.1) is 0 Å². The third-order valence-electron chi connectivity index (χ3n) is 3.73. The Morgan fingerprint density at radius 3 is 2.83 bits per heavy atom. The number of rotatable bonds is 9. The maximum absolute atomic E-state index is 12.1. The summed E-state index contributed by atoms with van der Waals surface area (Å²) in [5.41, 5.74) is 2.34. The number of carbonyl (C=O) groups is 1. The smallest absolute Gasteiger partial charge is 0.269 e. The fourth-order valence-electron chi connectivity index (χ4n) is 2.38. The van der Waals surface area contributed by atoms with Crippen molar-refractivity contribution in [3.63, 3.8) is 0 Å². The van der Waals surface area contributed by atoms with E-state index in [1.165, 1.54) is 0 Å². The molecule has 1 aromatic carbocycles. The Morgan fingerprint density at radius 1 is 1.21 bits per heavy atom. The molecule has 1 heterocycles. The van der Waals surface area contributed by atoms with Gasteiger partial charge in [0.25, 0.3) is 5.91 Å². The maximum atomic E-state index is 12.1. The van der Waals surface area contributed by atoms with E-state index in [0.717, 1.165) is 36.3 Å². The number of anilines is 1. The second-order valence-electron chi connectivity index (χ2n) is 5.56. The van der Waals surface area contributed by atoms with Crippen molar-refractivity contribution < 1.29 is 9.53 Å². The van der Waals surface area contributed by atoms with Gasteiger partial charge in [0.15, 0.2) is 0 Å². The molecule has 2 aromatic rings. The molecule has 0 unspecified atom stereocenters. The number of nitrogens with zero attached hydrogens (tertiary/aromatic N) is 1. The van der Waals surface area contributed by atoms with Crippen molar-refractivity contribution in [3.8, 4) is 5.75 Å². The van der Waals surface area contributed by atoms with Gasteiger partial charge >= 0.3 is 0 Å². The predicted molar refractivity (Wildman–Crippen MR) is 96.4 cm³/mol. The Bertz CT molecular complexity index is 659. The maximum Gasteiger partial charge on any atom is 0.269 e. The first-order valence-corrected chi connectivity index (χ1v) is 8.34. The molecular weight excluding hydrogens is 302 g/mol. The zero-order chi connectivity index (χ0) is 17.2. The first-order valence-electron chi connectivity index (χ1n) is 8.34. The average molecular weight is 327 g/mol. The normalized spacial score (nSPS) is 10.2. The Balaban J connectivity index is 1.93. The molecule has 24 heavy (non-hydrogen) atoms. The zero-order valence-electron chi connectivity index (χ0n) is 14.3. The summed E-state index contributed by atoms with van der Waals surface area (Å²) >= 11 is 0. The van der Waals surface area contributed by atoms with Crippen molar-refractivity contribution in [1.29, 1.82) is 0 Å². The van der Waals surface area contributed by atoms with Crippen LogP contribution >= 0.6 is 0 Å². The van der Waals surface area contributed by atoms with Gasteiger partial charge in [-0.25, -0.2) is 0 Å². The van der Waals surface area contributed by atoms with Gasteiger partial charge in [0.1, 0.15) is 11.4 Å².